The number of carbonyl (C=O) groups is 1. The van der Waals surface area contributed by atoms with E-state index >= 15 is 0 Å². The van der Waals surface area contributed by atoms with Crippen molar-refractivity contribution < 1.29 is 14.6 Å². The summed E-state index contributed by atoms with van der Waals surface area (Å²) in [7, 11) is 0. The molecule has 0 spiro atoms. The summed E-state index contributed by atoms with van der Waals surface area (Å²) in [6.07, 6.45) is 2.72. The molecule has 3 heterocycles. The molecule has 174 valence electrons. The first-order valence-electron chi connectivity index (χ1n) is 11.2. The zero-order chi connectivity index (χ0) is 23.7. The second-order valence-electron chi connectivity index (χ2n) is 8.38. The first-order chi connectivity index (χ1) is 16.5. The van der Waals surface area contributed by atoms with Gasteiger partial charge >= 0.3 is 5.97 Å². The van der Waals surface area contributed by atoms with Crippen LogP contribution in [-0.4, -0.2) is 57.1 Å². The van der Waals surface area contributed by atoms with Gasteiger partial charge in [0, 0.05) is 36.9 Å². The van der Waals surface area contributed by atoms with Crippen LogP contribution in [-0.2, 0) is 11.3 Å². The molecule has 2 aromatic heterocycles. The Kier molecular flexibility index (Phi) is 5.85. The zero-order valence-electron chi connectivity index (χ0n) is 19.2. The number of hydrogen-bond acceptors (Lipinski definition) is 7. The number of anilines is 2. The molecule has 0 radical (unpaired) electrons. The monoisotopic (exact) mass is 458 g/mol. The molecule has 5 rings (SSSR count). The molecular weight excluding hydrogens is 432 g/mol. The molecule has 0 bridgehead atoms. The summed E-state index contributed by atoms with van der Waals surface area (Å²) < 4.78 is 6.93. The van der Waals surface area contributed by atoms with E-state index in [9.17, 15) is 9.90 Å². The minimum atomic E-state index is -1.04. The van der Waals surface area contributed by atoms with Crippen molar-refractivity contribution in [1.82, 2.24) is 19.7 Å². The van der Waals surface area contributed by atoms with E-state index in [2.05, 4.69) is 58.4 Å². The largest absolute Gasteiger partial charge is 0.478 e. The first kappa shape index (κ1) is 21.8. The third-order valence-electron chi connectivity index (χ3n) is 6.12. The van der Waals surface area contributed by atoms with Crippen LogP contribution in [0.5, 0.6) is 0 Å². The highest BCUT2D eigenvalue weighted by Gasteiger charge is 2.19. The van der Waals surface area contributed by atoms with Crippen LogP contribution in [0.2, 0.25) is 0 Å². The second-order valence-corrected chi connectivity index (χ2v) is 8.38. The number of morpholine rings is 1. The fraction of sp³-hybridized carbons (Fsp3) is 0.280. The molecule has 2 aromatic carbocycles. The molecule has 0 unspecified atom stereocenters. The van der Waals surface area contributed by atoms with Gasteiger partial charge in [0.05, 0.1) is 30.5 Å². The summed E-state index contributed by atoms with van der Waals surface area (Å²) in [6, 6.07) is 12.4. The number of rotatable bonds is 6. The molecule has 4 aromatic rings. The maximum Gasteiger partial charge on any atom is 0.338 e. The van der Waals surface area contributed by atoms with Crippen LogP contribution >= 0.6 is 0 Å². The number of hydrogen-bond donors (Lipinski definition) is 2. The number of aromatic carboxylic acids is 1. The lowest BCUT2D eigenvalue weighted by atomic mass is 10.0. The average Bonchev–Trinajstić information content (AvgIpc) is 3.34. The molecule has 1 aliphatic heterocycles. The van der Waals surface area contributed by atoms with Gasteiger partial charge in [0.15, 0.2) is 0 Å². The minimum absolute atomic E-state index is 0.0858. The Balaban J connectivity index is 1.53. The Hall–Kier alpha value is -3.98. The van der Waals surface area contributed by atoms with E-state index < -0.39 is 5.97 Å². The molecular formula is C25H26N6O3. The number of carboxylic acid groups (broad SMARTS) is 1. The lowest BCUT2D eigenvalue weighted by Gasteiger charge is -2.29. The molecule has 9 nitrogen and oxygen atoms in total. The number of aromatic nitrogens is 4. The fourth-order valence-corrected chi connectivity index (χ4v) is 4.19. The van der Waals surface area contributed by atoms with E-state index in [1.54, 1.807) is 0 Å². The Bertz CT molecular complexity index is 1340. The van der Waals surface area contributed by atoms with Crippen LogP contribution in [0.3, 0.4) is 0 Å². The van der Waals surface area contributed by atoms with Crippen molar-refractivity contribution in [2.75, 3.05) is 36.5 Å². The summed E-state index contributed by atoms with van der Waals surface area (Å²) in [5.74, 6) is 0.0733. The number of fused-ring (bicyclic) bond motifs is 1. The molecule has 34 heavy (non-hydrogen) atoms. The van der Waals surface area contributed by atoms with Crippen LogP contribution < -0.4 is 10.2 Å². The van der Waals surface area contributed by atoms with Crippen molar-refractivity contribution in [2.24, 2.45) is 0 Å². The average molecular weight is 459 g/mol. The van der Waals surface area contributed by atoms with E-state index in [0.717, 1.165) is 29.0 Å². The highest BCUT2D eigenvalue weighted by atomic mass is 16.5. The molecule has 9 heteroatoms. The molecule has 1 fully saturated rings. The van der Waals surface area contributed by atoms with Gasteiger partial charge in [-0.15, -0.1) is 0 Å². The van der Waals surface area contributed by atoms with Crippen LogP contribution in [0.1, 0.15) is 27.0 Å². The van der Waals surface area contributed by atoms with Crippen molar-refractivity contribution in [3.63, 3.8) is 0 Å². The topological polar surface area (TPSA) is 105 Å². The Morgan fingerprint density at radius 2 is 1.88 bits per heavy atom. The van der Waals surface area contributed by atoms with Crippen LogP contribution in [0, 0.1) is 13.8 Å². The summed E-state index contributed by atoms with van der Waals surface area (Å²) in [5, 5.41) is 17.9. The van der Waals surface area contributed by atoms with Crippen molar-refractivity contribution in [3.8, 4) is 5.95 Å². The lowest BCUT2D eigenvalue weighted by molar-refractivity contribution is 0.0697. The molecule has 0 aliphatic carbocycles. The van der Waals surface area contributed by atoms with Crippen molar-refractivity contribution in [1.29, 1.82) is 0 Å². The Morgan fingerprint density at radius 1 is 1.12 bits per heavy atom. The highest BCUT2D eigenvalue weighted by Crippen LogP contribution is 2.29. The third-order valence-corrected chi connectivity index (χ3v) is 6.12. The van der Waals surface area contributed by atoms with Gasteiger partial charge < -0.3 is 20.1 Å². The normalized spacial score (nSPS) is 13.9. The van der Waals surface area contributed by atoms with Crippen LogP contribution in [0.15, 0.2) is 48.8 Å². The Morgan fingerprint density at radius 3 is 2.59 bits per heavy atom. The quantitative estimate of drug-likeness (QED) is 0.452. The maximum atomic E-state index is 11.3. The highest BCUT2D eigenvalue weighted by molar-refractivity contribution is 5.93. The Labute approximate surface area is 197 Å². The number of ether oxygens (including phenoxy) is 1. The number of nitrogens with one attached hydrogen (secondary N) is 1. The van der Waals surface area contributed by atoms with Gasteiger partial charge in [-0.3, -0.25) is 0 Å². The smallest absolute Gasteiger partial charge is 0.338 e. The van der Waals surface area contributed by atoms with Crippen molar-refractivity contribution >= 4 is 28.4 Å². The van der Waals surface area contributed by atoms with Gasteiger partial charge in [-0.2, -0.15) is 10.1 Å². The summed E-state index contributed by atoms with van der Waals surface area (Å²) >= 11 is 0. The van der Waals surface area contributed by atoms with Gasteiger partial charge in [0.2, 0.25) is 0 Å². The minimum Gasteiger partial charge on any atom is -0.478 e. The predicted molar refractivity (Wildman–Crippen MR) is 130 cm³/mol. The standard InChI is InChI=1S/C25H26N6O3/c1-16-4-3-5-17(2)21(16)14-26-19-6-7-22-20(12-19)23(30-8-10-34-11-9-30)29-25(28-22)31-15-18(13-27-31)24(32)33/h3-7,12-13,15,26H,8-11,14H2,1-2H3,(H,32,33). The molecule has 0 saturated carbocycles. The van der Waals surface area contributed by atoms with Gasteiger partial charge in [0.1, 0.15) is 5.82 Å². The molecule has 0 amide bonds. The van der Waals surface area contributed by atoms with Crippen LogP contribution in [0.4, 0.5) is 11.5 Å². The van der Waals surface area contributed by atoms with Gasteiger partial charge in [-0.1, -0.05) is 18.2 Å². The molecule has 0 atom stereocenters. The van der Waals surface area contributed by atoms with E-state index in [4.69, 9.17) is 9.72 Å². The van der Waals surface area contributed by atoms with Gasteiger partial charge in [-0.05, 0) is 48.7 Å². The fourth-order valence-electron chi connectivity index (χ4n) is 4.19. The zero-order valence-corrected chi connectivity index (χ0v) is 19.2. The summed E-state index contributed by atoms with van der Waals surface area (Å²) in [5.41, 5.74) is 5.63. The van der Waals surface area contributed by atoms with Gasteiger partial charge in [-0.25, -0.2) is 14.5 Å². The maximum absolute atomic E-state index is 11.3. The molecule has 2 N–H and O–H groups in total. The molecule has 1 saturated heterocycles. The van der Waals surface area contributed by atoms with Gasteiger partial charge in [0.25, 0.3) is 5.95 Å². The lowest BCUT2D eigenvalue weighted by Crippen LogP contribution is -2.37. The second kappa shape index (κ2) is 9.11. The predicted octanol–water partition coefficient (Wildman–Crippen LogP) is 3.58. The number of carboxylic acids is 1. The number of benzene rings is 2. The van der Waals surface area contributed by atoms with E-state index in [1.165, 1.54) is 33.8 Å². The van der Waals surface area contributed by atoms with E-state index in [1.807, 2.05) is 12.1 Å². The van der Waals surface area contributed by atoms with Crippen LogP contribution in [0.25, 0.3) is 16.9 Å². The number of nitrogens with zero attached hydrogens (tertiary/aromatic N) is 5. The van der Waals surface area contributed by atoms with Crippen molar-refractivity contribution in [2.45, 2.75) is 20.4 Å². The third kappa shape index (κ3) is 4.29. The van der Waals surface area contributed by atoms with Crippen molar-refractivity contribution in [3.05, 3.63) is 71.0 Å². The van der Waals surface area contributed by atoms with E-state index in [0.29, 0.717) is 32.3 Å². The first-order valence-corrected chi connectivity index (χ1v) is 11.2. The number of aryl methyl sites for hydroxylation is 2. The summed E-state index contributed by atoms with van der Waals surface area (Å²) in [6.45, 7) is 7.65. The van der Waals surface area contributed by atoms with E-state index in [-0.39, 0.29) is 5.56 Å². The molecule has 1 aliphatic rings. The SMILES string of the molecule is Cc1cccc(C)c1CNc1ccc2nc(-n3cc(C(=O)O)cn3)nc(N3CCOCC3)c2c1. The summed E-state index contributed by atoms with van der Waals surface area (Å²) in [4.78, 5) is 22.9.